The molecule has 29 heavy (non-hydrogen) atoms. The number of aromatic nitrogens is 1. The summed E-state index contributed by atoms with van der Waals surface area (Å²) >= 11 is 0. The third kappa shape index (κ3) is 4.53. The van der Waals surface area contributed by atoms with Gasteiger partial charge in [-0.05, 0) is 18.6 Å². The molecule has 0 aliphatic carbocycles. The second-order valence-electron chi connectivity index (χ2n) is 7.75. The molecule has 2 fully saturated rings. The molecule has 1 aromatic heterocycles. The zero-order valence-corrected chi connectivity index (χ0v) is 16.4. The van der Waals surface area contributed by atoms with Gasteiger partial charge in [0.25, 0.3) is 5.92 Å². The molecule has 2 aliphatic heterocycles. The van der Waals surface area contributed by atoms with Crippen molar-refractivity contribution in [1.29, 1.82) is 0 Å². The molecule has 8 heteroatoms. The standard InChI is InChI=1S/C21H27F2N3O3/c22-21(23)6-9-25(10-7-21)8-3-12-29-20-16-4-1-2-5-17(16)24-19(20)18-14-28-13-11-26(18)15-27/h1-2,4-5,15,18,24H,3,6-14H2. The van der Waals surface area contributed by atoms with Crippen molar-refractivity contribution < 1.29 is 23.0 Å². The van der Waals surface area contributed by atoms with Gasteiger partial charge >= 0.3 is 0 Å². The number of para-hydroxylation sites is 1. The van der Waals surface area contributed by atoms with Gasteiger partial charge in [0.05, 0.1) is 31.6 Å². The lowest BCUT2D eigenvalue weighted by molar-refractivity contribution is -0.126. The van der Waals surface area contributed by atoms with Crippen molar-refractivity contribution in [3.63, 3.8) is 0 Å². The number of rotatable bonds is 7. The van der Waals surface area contributed by atoms with Crippen molar-refractivity contribution >= 4 is 17.3 Å². The second-order valence-corrected chi connectivity index (χ2v) is 7.75. The quantitative estimate of drug-likeness (QED) is 0.566. The van der Waals surface area contributed by atoms with Gasteiger partial charge < -0.3 is 24.3 Å². The first-order valence-corrected chi connectivity index (χ1v) is 10.2. The first kappa shape index (κ1) is 20.1. The normalized spacial score (nSPS) is 22.7. The molecule has 2 aromatic rings. The fourth-order valence-corrected chi connectivity index (χ4v) is 4.09. The number of hydrogen-bond donors (Lipinski definition) is 1. The molecule has 3 heterocycles. The van der Waals surface area contributed by atoms with Gasteiger partial charge in [-0.25, -0.2) is 8.78 Å². The van der Waals surface area contributed by atoms with E-state index >= 15 is 0 Å². The predicted molar refractivity (Wildman–Crippen MR) is 105 cm³/mol. The average Bonchev–Trinajstić information content (AvgIpc) is 3.10. The van der Waals surface area contributed by atoms with E-state index in [1.165, 1.54) is 0 Å². The third-order valence-corrected chi connectivity index (χ3v) is 5.78. The van der Waals surface area contributed by atoms with Crippen LogP contribution in [0.3, 0.4) is 0 Å². The smallest absolute Gasteiger partial charge is 0.250 e. The van der Waals surface area contributed by atoms with E-state index in [1.807, 2.05) is 24.3 Å². The van der Waals surface area contributed by atoms with E-state index in [0.717, 1.165) is 41.7 Å². The Morgan fingerprint density at radius 2 is 2.03 bits per heavy atom. The first-order valence-electron chi connectivity index (χ1n) is 10.2. The Morgan fingerprint density at radius 3 is 2.83 bits per heavy atom. The van der Waals surface area contributed by atoms with Crippen molar-refractivity contribution in [3.8, 4) is 5.75 Å². The van der Waals surface area contributed by atoms with Crippen LogP contribution in [0.25, 0.3) is 10.9 Å². The van der Waals surface area contributed by atoms with E-state index in [0.29, 0.717) is 39.5 Å². The summed E-state index contributed by atoms with van der Waals surface area (Å²) in [6, 6.07) is 7.66. The molecule has 1 unspecified atom stereocenters. The van der Waals surface area contributed by atoms with E-state index in [4.69, 9.17) is 9.47 Å². The number of fused-ring (bicyclic) bond motifs is 1. The van der Waals surface area contributed by atoms with Crippen molar-refractivity contribution in [1.82, 2.24) is 14.8 Å². The molecular formula is C21H27F2N3O3. The van der Waals surface area contributed by atoms with Gasteiger partial charge in [0, 0.05) is 49.9 Å². The molecule has 0 saturated carbocycles. The number of nitrogens with one attached hydrogen (secondary N) is 1. The molecule has 1 aromatic carbocycles. The van der Waals surface area contributed by atoms with Crippen molar-refractivity contribution in [2.45, 2.75) is 31.2 Å². The number of hydrogen-bond acceptors (Lipinski definition) is 4. The number of likely N-dealkylation sites (tertiary alicyclic amines) is 1. The lowest BCUT2D eigenvalue weighted by atomic mass is 10.1. The molecule has 0 radical (unpaired) electrons. The minimum atomic E-state index is -2.52. The highest BCUT2D eigenvalue weighted by Crippen LogP contribution is 2.37. The monoisotopic (exact) mass is 407 g/mol. The van der Waals surface area contributed by atoms with Crippen LogP contribution in [0.2, 0.25) is 0 Å². The number of ether oxygens (including phenoxy) is 2. The Hall–Kier alpha value is -2.19. The minimum Gasteiger partial charge on any atom is -0.491 e. The summed E-state index contributed by atoms with van der Waals surface area (Å²) in [7, 11) is 0. The summed E-state index contributed by atoms with van der Waals surface area (Å²) in [4.78, 5) is 18.7. The zero-order chi connectivity index (χ0) is 20.3. The van der Waals surface area contributed by atoms with Crippen LogP contribution in [-0.2, 0) is 9.53 Å². The third-order valence-electron chi connectivity index (χ3n) is 5.78. The molecule has 158 valence electrons. The zero-order valence-electron chi connectivity index (χ0n) is 16.4. The number of alkyl halides is 2. The van der Waals surface area contributed by atoms with E-state index in [2.05, 4.69) is 9.88 Å². The summed E-state index contributed by atoms with van der Waals surface area (Å²) in [5, 5.41) is 0.969. The van der Waals surface area contributed by atoms with Crippen molar-refractivity contribution in [2.75, 3.05) is 46.0 Å². The van der Waals surface area contributed by atoms with Crippen LogP contribution in [0, 0.1) is 0 Å². The number of nitrogens with zero attached hydrogens (tertiary/aromatic N) is 2. The SMILES string of the molecule is O=CN1CCOCC1c1[nH]c2ccccc2c1OCCCN1CCC(F)(F)CC1. The van der Waals surface area contributed by atoms with Gasteiger partial charge in [-0.1, -0.05) is 12.1 Å². The van der Waals surface area contributed by atoms with E-state index in [1.54, 1.807) is 4.90 Å². The largest absolute Gasteiger partial charge is 0.491 e. The van der Waals surface area contributed by atoms with Gasteiger partial charge in [0.15, 0.2) is 0 Å². The van der Waals surface area contributed by atoms with Gasteiger partial charge in [-0.15, -0.1) is 0 Å². The summed E-state index contributed by atoms with van der Waals surface area (Å²) < 4.78 is 38.3. The van der Waals surface area contributed by atoms with Gasteiger partial charge in [-0.2, -0.15) is 0 Å². The molecule has 1 N–H and O–H groups in total. The maximum atomic E-state index is 13.3. The van der Waals surface area contributed by atoms with Crippen LogP contribution >= 0.6 is 0 Å². The van der Waals surface area contributed by atoms with Crippen LogP contribution < -0.4 is 4.74 Å². The van der Waals surface area contributed by atoms with Crippen LogP contribution in [0.15, 0.2) is 24.3 Å². The van der Waals surface area contributed by atoms with Crippen LogP contribution in [-0.4, -0.2) is 73.1 Å². The number of amides is 1. The van der Waals surface area contributed by atoms with Crippen LogP contribution in [0.1, 0.15) is 31.0 Å². The summed E-state index contributed by atoms with van der Waals surface area (Å²) in [5.41, 5.74) is 1.79. The van der Waals surface area contributed by atoms with E-state index < -0.39 is 5.92 Å². The molecule has 4 rings (SSSR count). The van der Waals surface area contributed by atoms with E-state index in [-0.39, 0.29) is 18.9 Å². The van der Waals surface area contributed by atoms with Crippen molar-refractivity contribution in [3.05, 3.63) is 30.0 Å². The Kier molecular flexibility index (Phi) is 6.01. The molecule has 2 aliphatic rings. The number of benzene rings is 1. The molecule has 1 atom stereocenters. The Bertz CT molecular complexity index is 832. The molecule has 2 saturated heterocycles. The number of halogens is 2. The number of carbonyl (C=O) groups excluding carboxylic acids is 1. The topological polar surface area (TPSA) is 57.8 Å². The predicted octanol–water partition coefficient (Wildman–Crippen LogP) is 3.20. The maximum absolute atomic E-state index is 13.3. The highest BCUT2D eigenvalue weighted by atomic mass is 19.3. The highest BCUT2D eigenvalue weighted by Gasteiger charge is 2.33. The molecule has 1 amide bonds. The van der Waals surface area contributed by atoms with Crippen molar-refractivity contribution in [2.24, 2.45) is 0 Å². The maximum Gasteiger partial charge on any atom is 0.250 e. The van der Waals surface area contributed by atoms with Gasteiger partial charge in [0.2, 0.25) is 6.41 Å². The Balaban J connectivity index is 1.43. The Morgan fingerprint density at radius 1 is 1.24 bits per heavy atom. The summed E-state index contributed by atoms with van der Waals surface area (Å²) in [6.45, 7) is 3.57. The lowest BCUT2D eigenvalue weighted by Crippen LogP contribution is -2.40. The first-order chi connectivity index (χ1) is 14.1. The number of aromatic amines is 1. The molecular weight excluding hydrogens is 380 g/mol. The van der Waals surface area contributed by atoms with Crippen LogP contribution in [0.4, 0.5) is 8.78 Å². The average molecular weight is 407 g/mol. The Labute approximate surface area is 168 Å². The molecule has 6 nitrogen and oxygen atoms in total. The lowest BCUT2D eigenvalue weighted by Gasteiger charge is -2.32. The highest BCUT2D eigenvalue weighted by molar-refractivity contribution is 5.88. The number of morpholine rings is 1. The second kappa shape index (κ2) is 8.67. The van der Waals surface area contributed by atoms with Gasteiger partial charge in [0.1, 0.15) is 5.75 Å². The fourth-order valence-electron chi connectivity index (χ4n) is 4.09. The fraction of sp³-hybridized carbons (Fsp3) is 0.571. The summed E-state index contributed by atoms with van der Waals surface area (Å²) in [6.07, 6.45) is 1.48. The van der Waals surface area contributed by atoms with Gasteiger partial charge in [-0.3, -0.25) is 4.79 Å². The van der Waals surface area contributed by atoms with Crippen LogP contribution in [0.5, 0.6) is 5.75 Å². The number of carbonyl (C=O) groups is 1. The summed E-state index contributed by atoms with van der Waals surface area (Å²) in [5.74, 6) is -1.77. The number of H-pyrrole nitrogens is 1. The minimum absolute atomic E-state index is 0.0658. The van der Waals surface area contributed by atoms with E-state index in [9.17, 15) is 13.6 Å². The number of piperidine rings is 1. The molecule has 0 spiro atoms. The molecule has 0 bridgehead atoms.